The Morgan fingerprint density at radius 1 is 1.35 bits per heavy atom. The predicted molar refractivity (Wildman–Crippen MR) is 103 cm³/mol. The fraction of sp³-hybridized carbons (Fsp3) is 0.474. The third kappa shape index (κ3) is 4.16. The molecule has 1 aliphatic rings. The molecule has 0 radical (unpaired) electrons. The minimum absolute atomic E-state index is 0.0492. The summed E-state index contributed by atoms with van der Waals surface area (Å²) in [5.41, 5.74) is 7.01. The van der Waals surface area contributed by atoms with E-state index in [0.29, 0.717) is 17.4 Å². The molecule has 2 N–H and O–H groups in total. The van der Waals surface area contributed by atoms with Gasteiger partial charge in [0.1, 0.15) is 11.5 Å². The number of thiazole rings is 1. The zero-order valence-corrected chi connectivity index (χ0v) is 16.0. The predicted octanol–water partition coefficient (Wildman–Crippen LogP) is 3.21. The van der Waals surface area contributed by atoms with Crippen LogP contribution in [0.5, 0.6) is 11.5 Å². The van der Waals surface area contributed by atoms with E-state index in [1.165, 1.54) is 11.3 Å². The highest BCUT2D eigenvalue weighted by Gasteiger charge is 2.31. The minimum Gasteiger partial charge on any atom is -0.497 e. The Hall–Kier alpha value is -2.12. The first-order chi connectivity index (χ1) is 12.6. The average Bonchev–Trinajstić information content (AvgIpc) is 3.20. The van der Waals surface area contributed by atoms with Gasteiger partial charge in [-0.15, -0.1) is 11.3 Å². The zero-order chi connectivity index (χ0) is 18.5. The molecule has 1 saturated carbocycles. The molecule has 1 amide bonds. The van der Waals surface area contributed by atoms with Gasteiger partial charge in [0.25, 0.3) is 0 Å². The topological polar surface area (TPSA) is 77.7 Å². The summed E-state index contributed by atoms with van der Waals surface area (Å²) in [6.07, 6.45) is 5.33. The number of rotatable bonds is 6. The van der Waals surface area contributed by atoms with Gasteiger partial charge in [0.15, 0.2) is 5.13 Å². The molecule has 2 unspecified atom stereocenters. The van der Waals surface area contributed by atoms with Crippen LogP contribution in [0.4, 0.5) is 5.13 Å². The van der Waals surface area contributed by atoms with E-state index in [2.05, 4.69) is 4.98 Å². The molecule has 1 fully saturated rings. The monoisotopic (exact) mass is 375 g/mol. The number of benzene rings is 1. The van der Waals surface area contributed by atoms with Crippen molar-refractivity contribution in [2.75, 3.05) is 19.1 Å². The molecule has 2 atom stereocenters. The Labute approximate surface area is 157 Å². The van der Waals surface area contributed by atoms with E-state index in [4.69, 9.17) is 15.2 Å². The van der Waals surface area contributed by atoms with Crippen LogP contribution in [-0.4, -0.2) is 31.2 Å². The molecule has 6 nitrogen and oxygen atoms in total. The summed E-state index contributed by atoms with van der Waals surface area (Å²) >= 11 is 1.46. The Morgan fingerprint density at radius 3 is 2.85 bits per heavy atom. The van der Waals surface area contributed by atoms with Gasteiger partial charge in [-0.25, -0.2) is 4.98 Å². The standard InChI is InChI=1S/C19H25N3O3S/c1-24-16-7-6-14(17(11-16)25-2)12-22(19-21-8-9-26-19)18(23)13-4-3-5-15(20)10-13/h6-9,11,13,15H,3-5,10,12,20H2,1-2H3. The quantitative estimate of drug-likeness (QED) is 0.839. The normalized spacial score (nSPS) is 19.8. The maximum Gasteiger partial charge on any atom is 0.232 e. The number of ether oxygens (including phenoxy) is 2. The first-order valence-corrected chi connectivity index (χ1v) is 9.67. The molecule has 26 heavy (non-hydrogen) atoms. The van der Waals surface area contributed by atoms with Gasteiger partial charge in [-0.1, -0.05) is 6.42 Å². The summed E-state index contributed by atoms with van der Waals surface area (Å²) in [5.74, 6) is 1.45. The van der Waals surface area contributed by atoms with Gasteiger partial charge in [-0.2, -0.15) is 0 Å². The number of carbonyl (C=O) groups is 1. The van der Waals surface area contributed by atoms with Crippen LogP contribution in [0.3, 0.4) is 0 Å². The minimum atomic E-state index is -0.0492. The van der Waals surface area contributed by atoms with Crippen LogP contribution in [0.1, 0.15) is 31.2 Å². The summed E-state index contributed by atoms with van der Waals surface area (Å²) in [4.78, 5) is 19.4. The van der Waals surface area contributed by atoms with Gasteiger partial charge in [0, 0.05) is 35.2 Å². The molecule has 7 heteroatoms. The average molecular weight is 375 g/mol. The molecule has 1 aromatic heterocycles. The molecule has 0 saturated heterocycles. The molecule has 2 aromatic rings. The Bertz CT molecular complexity index is 736. The number of amides is 1. The number of methoxy groups -OCH3 is 2. The third-order valence-electron chi connectivity index (χ3n) is 4.80. The van der Waals surface area contributed by atoms with Crippen LogP contribution >= 0.6 is 11.3 Å². The van der Waals surface area contributed by atoms with E-state index in [1.807, 2.05) is 23.6 Å². The lowest BCUT2D eigenvalue weighted by Crippen LogP contribution is -2.40. The van der Waals surface area contributed by atoms with Crippen LogP contribution in [-0.2, 0) is 11.3 Å². The molecule has 1 aliphatic carbocycles. The van der Waals surface area contributed by atoms with Crippen molar-refractivity contribution < 1.29 is 14.3 Å². The number of hydrogen-bond acceptors (Lipinski definition) is 6. The third-order valence-corrected chi connectivity index (χ3v) is 5.60. The van der Waals surface area contributed by atoms with E-state index in [-0.39, 0.29) is 17.9 Å². The molecule has 1 aromatic carbocycles. The number of nitrogens with zero attached hydrogens (tertiary/aromatic N) is 2. The number of hydrogen-bond donors (Lipinski definition) is 1. The second kappa shape index (κ2) is 8.51. The lowest BCUT2D eigenvalue weighted by molar-refractivity contribution is -0.123. The van der Waals surface area contributed by atoms with Crippen molar-refractivity contribution >= 4 is 22.4 Å². The lowest BCUT2D eigenvalue weighted by atomic mass is 9.85. The maximum absolute atomic E-state index is 13.2. The van der Waals surface area contributed by atoms with E-state index in [1.54, 1.807) is 25.3 Å². The number of carbonyl (C=O) groups excluding carboxylic acids is 1. The molecule has 1 heterocycles. The number of aromatic nitrogens is 1. The smallest absolute Gasteiger partial charge is 0.232 e. The Morgan fingerprint density at radius 2 is 2.19 bits per heavy atom. The molecule has 0 spiro atoms. The maximum atomic E-state index is 13.2. The van der Waals surface area contributed by atoms with Gasteiger partial charge in [-0.05, 0) is 31.4 Å². The summed E-state index contributed by atoms with van der Waals surface area (Å²) in [5, 5.41) is 2.58. The Kier molecular flexibility index (Phi) is 6.11. The number of nitrogens with two attached hydrogens (primary N) is 1. The van der Waals surface area contributed by atoms with Crippen molar-refractivity contribution in [1.82, 2.24) is 4.98 Å². The van der Waals surface area contributed by atoms with Crippen molar-refractivity contribution in [3.05, 3.63) is 35.3 Å². The SMILES string of the molecule is COc1ccc(CN(C(=O)C2CCCC(N)C2)c2nccs2)c(OC)c1. The van der Waals surface area contributed by atoms with E-state index < -0.39 is 0 Å². The lowest BCUT2D eigenvalue weighted by Gasteiger charge is -2.30. The first kappa shape index (κ1) is 18.7. The molecular formula is C19H25N3O3S. The van der Waals surface area contributed by atoms with Crippen LogP contribution in [0.25, 0.3) is 0 Å². The summed E-state index contributed by atoms with van der Waals surface area (Å²) < 4.78 is 10.8. The number of anilines is 1. The van der Waals surface area contributed by atoms with E-state index in [9.17, 15) is 4.79 Å². The van der Waals surface area contributed by atoms with E-state index >= 15 is 0 Å². The van der Waals surface area contributed by atoms with E-state index in [0.717, 1.165) is 37.0 Å². The highest BCUT2D eigenvalue weighted by atomic mass is 32.1. The van der Waals surface area contributed by atoms with Crippen LogP contribution in [0.2, 0.25) is 0 Å². The molecule has 0 bridgehead atoms. The van der Waals surface area contributed by atoms with Gasteiger partial charge in [-0.3, -0.25) is 9.69 Å². The van der Waals surface area contributed by atoms with Crippen molar-refractivity contribution in [2.45, 2.75) is 38.3 Å². The van der Waals surface area contributed by atoms with Gasteiger partial charge < -0.3 is 15.2 Å². The first-order valence-electron chi connectivity index (χ1n) is 8.79. The van der Waals surface area contributed by atoms with Crippen molar-refractivity contribution in [1.29, 1.82) is 0 Å². The summed E-state index contributed by atoms with van der Waals surface area (Å²) in [7, 11) is 3.24. The molecule has 0 aliphatic heterocycles. The highest BCUT2D eigenvalue weighted by Crippen LogP contribution is 2.32. The molecular weight excluding hydrogens is 350 g/mol. The molecule has 140 valence electrons. The van der Waals surface area contributed by atoms with Crippen molar-refractivity contribution in [3.8, 4) is 11.5 Å². The summed E-state index contributed by atoms with van der Waals surface area (Å²) in [6, 6.07) is 5.74. The van der Waals surface area contributed by atoms with Crippen LogP contribution in [0, 0.1) is 5.92 Å². The second-order valence-electron chi connectivity index (χ2n) is 6.54. The zero-order valence-electron chi connectivity index (χ0n) is 15.2. The van der Waals surface area contributed by atoms with Crippen molar-refractivity contribution in [3.63, 3.8) is 0 Å². The van der Waals surface area contributed by atoms with Gasteiger partial charge in [0.2, 0.25) is 5.91 Å². The Balaban J connectivity index is 1.87. The van der Waals surface area contributed by atoms with Crippen LogP contribution in [0.15, 0.2) is 29.8 Å². The van der Waals surface area contributed by atoms with Gasteiger partial charge in [0.05, 0.1) is 20.8 Å². The second-order valence-corrected chi connectivity index (χ2v) is 7.41. The van der Waals surface area contributed by atoms with Gasteiger partial charge >= 0.3 is 0 Å². The van der Waals surface area contributed by atoms with Crippen molar-refractivity contribution in [2.24, 2.45) is 11.7 Å². The highest BCUT2D eigenvalue weighted by molar-refractivity contribution is 7.13. The fourth-order valence-electron chi connectivity index (χ4n) is 3.41. The summed E-state index contributed by atoms with van der Waals surface area (Å²) in [6.45, 7) is 0.408. The van der Waals surface area contributed by atoms with Crippen LogP contribution < -0.4 is 20.1 Å². The fourth-order valence-corrected chi connectivity index (χ4v) is 4.06. The largest absolute Gasteiger partial charge is 0.497 e. The molecule has 3 rings (SSSR count).